The first kappa shape index (κ1) is 10.3. The Kier molecular flexibility index (Phi) is 3.08. The van der Waals surface area contributed by atoms with Crippen molar-refractivity contribution in [3.05, 3.63) is 17.7 Å². The van der Waals surface area contributed by atoms with E-state index in [0.717, 1.165) is 31.4 Å². The minimum absolute atomic E-state index is 0.737. The van der Waals surface area contributed by atoms with E-state index in [2.05, 4.69) is 20.8 Å². The number of rotatable bonds is 5. The zero-order valence-electron chi connectivity index (χ0n) is 9.16. The molecule has 0 spiro atoms. The third-order valence-electron chi connectivity index (χ3n) is 2.77. The van der Waals surface area contributed by atoms with Crippen LogP contribution in [-0.2, 0) is 13.1 Å². The van der Waals surface area contributed by atoms with Crippen LogP contribution in [0.5, 0.6) is 0 Å². The number of hydrogen-bond acceptors (Lipinski definition) is 2. The first-order chi connectivity index (χ1) is 7.31. The van der Waals surface area contributed by atoms with Crippen molar-refractivity contribution >= 4 is 0 Å². The van der Waals surface area contributed by atoms with Crippen LogP contribution in [0.3, 0.4) is 0 Å². The maximum absolute atomic E-state index is 5.28. The van der Waals surface area contributed by atoms with Gasteiger partial charge < -0.3 is 9.88 Å². The largest absolute Gasteiger partial charge is 0.330 e. The van der Waals surface area contributed by atoms with Gasteiger partial charge in [-0.3, -0.25) is 0 Å². The topological polar surface area (TPSA) is 29.9 Å². The molecule has 1 fully saturated rings. The molecule has 1 aromatic rings. The van der Waals surface area contributed by atoms with Crippen molar-refractivity contribution < 1.29 is 0 Å². The molecule has 15 heavy (non-hydrogen) atoms. The average molecular weight is 203 g/mol. The zero-order chi connectivity index (χ0) is 10.7. The van der Waals surface area contributed by atoms with Crippen LogP contribution in [0.2, 0.25) is 0 Å². The van der Waals surface area contributed by atoms with Gasteiger partial charge in [-0.1, -0.05) is 0 Å². The fourth-order valence-electron chi connectivity index (χ4n) is 1.67. The minimum Gasteiger partial charge on any atom is -0.330 e. The van der Waals surface area contributed by atoms with Crippen LogP contribution < -0.4 is 5.32 Å². The molecule has 0 saturated heterocycles. The standard InChI is InChI=1S/C12H17N3/c1-3-4-7-15-10(2)13-8-12(15)9-14-11-5-6-11/h1,8,11,14H,4-7,9H2,2H3. The SMILES string of the molecule is C#CCCn1c(CNC2CC2)cnc1C. The van der Waals surface area contributed by atoms with E-state index in [1.54, 1.807) is 0 Å². The summed E-state index contributed by atoms with van der Waals surface area (Å²) in [7, 11) is 0. The molecule has 0 aromatic carbocycles. The quantitative estimate of drug-likeness (QED) is 0.734. The lowest BCUT2D eigenvalue weighted by atomic mass is 10.4. The van der Waals surface area contributed by atoms with Gasteiger partial charge in [0.15, 0.2) is 0 Å². The maximum Gasteiger partial charge on any atom is 0.105 e. The molecule has 0 unspecified atom stereocenters. The molecular formula is C12H17N3. The first-order valence-corrected chi connectivity index (χ1v) is 5.49. The van der Waals surface area contributed by atoms with Crippen LogP contribution in [-0.4, -0.2) is 15.6 Å². The number of nitrogens with one attached hydrogen (secondary N) is 1. The van der Waals surface area contributed by atoms with E-state index in [9.17, 15) is 0 Å². The van der Waals surface area contributed by atoms with Crippen molar-refractivity contribution in [2.75, 3.05) is 0 Å². The molecule has 1 N–H and O–H groups in total. The molecule has 0 atom stereocenters. The Hall–Kier alpha value is -1.27. The number of hydrogen-bond donors (Lipinski definition) is 1. The maximum atomic E-state index is 5.28. The zero-order valence-corrected chi connectivity index (χ0v) is 9.16. The molecule has 0 aliphatic heterocycles. The van der Waals surface area contributed by atoms with Gasteiger partial charge in [-0.25, -0.2) is 4.98 Å². The summed E-state index contributed by atoms with van der Waals surface area (Å²) in [6.45, 7) is 3.82. The van der Waals surface area contributed by atoms with Crippen molar-refractivity contribution in [1.82, 2.24) is 14.9 Å². The van der Waals surface area contributed by atoms with Gasteiger partial charge in [-0.05, 0) is 19.8 Å². The summed E-state index contributed by atoms with van der Waals surface area (Å²) < 4.78 is 2.20. The Morgan fingerprint density at radius 2 is 2.47 bits per heavy atom. The average Bonchev–Trinajstić information content (AvgIpc) is 2.99. The lowest BCUT2D eigenvalue weighted by Crippen LogP contribution is -2.18. The van der Waals surface area contributed by atoms with Crippen LogP contribution in [0.25, 0.3) is 0 Å². The molecule has 1 aliphatic rings. The van der Waals surface area contributed by atoms with Crippen LogP contribution in [0.15, 0.2) is 6.20 Å². The second-order valence-corrected chi connectivity index (χ2v) is 4.06. The number of nitrogens with zero attached hydrogens (tertiary/aromatic N) is 2. The summed E-state index contributed by atoms with van der Waals surface area (Å²) >= 11 is 0. The lowest BCUT2D eigenvalue weighted by Gasteiger charge is -2.08. The van der Waals surface area contributed by atoms with Gasteiger partial charge in [0.1, 0.15) is 5.82 Å². The van der Waals surface area contributed by atoms with Crippen molar-refractivity contribution in [3.8, 4) is 12.3 Å². The van der Waals surface area contributed by atoms with Crippen LogP contribution in [0, 0.1) is 19.3 Å². The monoisotopic (exact) mass is 203 g/mol. The van der Waals surface area contributed by atoms with Gasteiger partial charge in [0.05, 0.1) is 5.69 Å². The first-order valence-electron chi connectivity index (χ1n) is 5.49. The summed E-state index contributed by atoms with van der Waals surface area (Å²) in [5.41, 5.74) is 1.25. The lowest BCUT2D eigenvalue weighted by molar-refractivity contribution is 0.603. The second kappa shape index (κ2) is 4.50. The van der Waals surface area contributed by atoms with Gasteiger partial charge >= 0.3 is 0 Å². The third kappa shape index (κ3) is 2.60. The number of imidazole rings is 1. The van der Waals surface area contributed by atoms with E-state index in [1.165, 1.54) is 18.5 Å². The summed E-state index contributed by atoms with van der Waals surface area (Å²) in [4.78, 5) is 4.32. The molecule has 0 amide bonds. The van der Waals surface area contributed by atoms with Gasteiger partial charge in [0.2, 0.25) is 0 Å². The van der Waals surface area contributed by atoms with Gasteiger partial charge in [-0.2, -0.15) is 0 Å². The predicted molar refractivity (Wildman–Crippen MR) is 60.3 cm³/mol. The normalized spacial score (nSPS) is 15.2. The molecule has 3 nitrogen and oxygen atoms in total. The van der Waals surface area contributed by atoms with Crippen molar-refractivity contribution in [3.63, 3.8) is 0 Å². The van der Waals surface area contributed by atoms with E-state index >= 15 is 0 Å². The van der Waals surface area contributed by atoms with E-state index in [-0.39, 0.29) is 0 Å². The number of terminal acetylenes is 1. The highest BCUT2D eigenvalue weighted by Gasteiger charge is 2.20. The van der Waals surface area contributed by atoms with Crippen LogP contribution in [0.4, 0.5) is 0 Å². The molecule has 0 bridgehead atoms. The Morgan fingerprint density at radius 3 is 3.13 bits per heavy atom. The van der Waals surface area contributed by atoms with E-state index in [4.69, 9.17) is 6.42 Å². The van der Waals surface area contributed by atoms with Crippen LogP contribution >= 0.6 is 0 Å². The number of aromatic nitrogens is 2. The van der Waals surface area contributed by atoms with Crippen molar-refractivity contribution in [1.29, 1.82) is 0 Å². The van der Waals surface area contributed by atoms with Crippen LogP contribution in [0.1, 0.15) is 30.8 Å². The van der Waals surface area contributed by atoms with E-state index in [1.807, 2.05) is 13.1 Å². The molecule has 1 aromatic heterocycles. The molecule has 0 radical (unpaired) electrons. The van der Waals surface area contributed by atoms with E-state index in [0.29, 0.717) is 0 Å². The Bertz CT molecular complexity index is 369. The summed E-state index contributed by atoms with van der Waals surface area (Å²) in [5, 5.41) is 3.49. The highest BCUT2D eigenvalue weighted by atomic mass is 15.1. The molecule has 80 valence electrons. The van der Waals surface area contributed by atoms with Crippen molar-refractivity contribution in [2.45, 2.75) is 45.3 Å². The molecule has 1 aliphatic carbocycles. The summed E-state index contributed by atoms with van der Waals surface area (Å²) in [6, 6.07) is 0.737. The summed E-state index contributed by atoms with van der Waals surface area (Å²) in [5.74, 6) is 3.72. The molecule has 1 heterocycles. The second-order valence-electron chi connectivity index (χ2n) is 4.06. The van der Waals surface area contributed by atoms with Gasteiger partial charge in [0, 0.05) is 31.7 Å². The highest BCUT2D eigenvalue weighted by molar-refractivity contribution is 5.05. The summed E-state index contributed by atoms with van der Waals surface area (Å²) in [6.07, 6.45) is 10.6. The fraction of sp³-hybridized carbons (Fsp3) is 0.583. The smallest absolute Gasteiger partial charge is 0.105 e. The molecule has 2 rings (SSSR count). The number of aryl methyl sites for hydroxylation is 1. The molecule has 3 heteroatoms. The fourth-order valence-corrected chi connectivity index (χ4v) is 1.67. The highest BCUT2D eigenvalue weighted by Crippen LogP contribution is 2.19. The third-order valence-corrected chi connectivity index (χ3v) is 2.77. The van der Waals surface area contributed by atoms with E-state index < -0.39 is 0 Å². The molecular weight excluding hydrogens is 186 g/mol. The predicted octanol–water partition coefficient (Wildman–Crippen LogP) is 1.47. The molecule has 1 saturated carbocycles. The minimum atomic E-state index is 0.737. The Balaban J connectivity index is 1.98. The Labute approximate surface area is 90.9 Å². The van der Waals surface area contributed by atoms with Gasteiger partial charge in [-0.15, -0.1) is 12.3 Å². The Morgan fingerprint density at radius 1 is 1.67 bits per heavy atom. The van der Waals surface area contributed by atoms with Gasteiger partial charge in [0.25, 0.3) is 0 Å². The van der Waals surface area contributed by atoms with Crippen molar-refractivity contribution in [2.24, 2.45) is 0 Å².